The molecule has 0 amide bonds. The maximum absolute atomic E-state index is 6.15. The van der Waals surface area contributed by atoms with Crippen LogP contribution >= 0.6 is 23.2 Å². The van der Waals surface area contributed by atoms with Gasteiger partial charge in [-0.15, -0.1) is 0 Å². The van der Waals surface area contributed by atoms with E-state index in [1.807, 2.05) is 60.9 Å². The second kappa shape index (κ2) is 7.69. The summed E-state index contributed by atoms with van der Waals surface area (Å²) in [5, 5.41) is 3.42. The van der Waals surface area contributed by atoms with Crippen LogP contribution in [0.3, 0.4) is 0 Å². The Morgan fingerprint density at radius 3 is 1.78 bits per heavy atom. The van der Waals surface area contributed by atoms with E-state index in [9.17, 15) is 0 Å². The van der Waals surface area contributed by atoms with Crippen molar-refractivity contribution in [3.63, 3.8) is 0 Å². The average Bonchev–Trinajstić information content (AvgIpc) is 2.67. The van der Waals surface area contributed by atoms with Crippen molar-refractivity contribution in [1.29, 1.82) is 0 Å². The highest BCUT2D eigenvalue weighted by atomic mass is 35.5. The van der Waals surface area contributed by atoms with Crippen LogP contribution in [-0.2, 0) is 0 Å². The van der Waals surface area contributed by atoms with Crippen molar-refractivity contribution >= 4 is 56.4 Å². The molecule has 0 spiro atoms. The minimum atomic E-state index is 0.611. The maximum atomic E-state index is 6.15. The van der Waals surface area contributed by atoms with Crippen LogP contribution in [0.1, 0.15) is 6.42 Å². The largest absolute Gasteiger partial charge is 0.340 e. The van der Waals surface area contributed by atoms with Gasteiger partial charge in [-0.25, -0.2) is 0 Å². The molecule has 4 rings (SSSR count). The Hall–Kier alpha value is -2.40. The van der Waals surface area contributed by atoms with Crippen LogP contribution < -0.4 is 10.6 Å². The fourth-order valence-electron chi connectivity index (χ4n) is 3.30. The van der Waals surface area contributed by atoms with Crippen molar-refractivity contribution in [3.05, 3.63) is 71.0 Å². The van der Waals surface area contributed by atoms with Gasteiger partial charge >= 0.3 is 0 Å². The Morgan fingerprint density at radius 2 is 1.30 bits per heavy atom. The Kier molecular flexibility index (Phi) is 5.12. The molecule has 0 bridgehead atoms. The van der Waals surface area contributed by atoms with E-state index in [1.165, 1.54) is 0 Å². The molecule has 2 N–H and O–H groups in total. The molecule has 136 valence electrons. The van der Waals surface area contributed by atoms with Crippen LogP contribution in [0, 0.1) is 0 Å². The number of pyridine rings is 2. The predicted molar refractivity (Wildman–Crippen MR) is 114 cm³/mol. The number of nitrogens with zero attached hydrogens (tertiary/aromatic N) is 3. The first-order valence-electron chi connectivity index (χ1n) is 8.73. The minimum Gasteiger partial charge on any atom is -0.340 e. The van der Waals surface area contributed by atoms with Crippen LogP contribution in [0.25, 0.3) is 21.8 Å². The maximum Gasteiger partial charge on any atom is 0.0737 e. The van der Waals surface area contributed by atoms with Gasteiger partial charge in [0, 0.05) is 39.8 Å². The van der Waals surface area contributed by atoms with Gasteiger partial charge in [-0.3, -0.25) is 9.97 Å². The molecule has 0 saturated carbocycles. The van der Waals surface area contributed by atoms with Crippen molar-refractivity contribution in [1.82, 2.24) is 9.97 Å². The fraction of sp³-hybridized carbons (Fsp3) is 0.143. The minimum absolute atomic E-state index is 0.611. The number of hydrogen-bond donors (Lipinski definition) is 1. The van der Waals surface area contributed by atoms with E-state index in [1.54, 1.807) is 0 Å². The van der Waals surface area contributed by atoms with Crippen molar-refractivity contribution in [3.8, 4) is 0 Å². The summed E-state index contributed by atoms with van der Waals surface area (Å²) >= 11 is 12.3. The molecule has 0 radical (unpaired) electrons. The average molecular weight is 397 g/mol. The zero-order valence-corrected chi connectivity index (χ0v) is 16.1. The summed E-state index contributed by atoms with van der Waals surface area (Å²) in [4.78, 5) is 11.2. The van der Waals surface area contributed by atoms with Crippen LogP contribution in [0.5, 0.6) is 0 Å². The summed E-state index contributed by atoms with van der Waals surface area (Å²) in [5.74, 6) is 0. The van der Waals surface area contributed by atoms with Gasteiger partial charge < -0.3 is 10.6 Å². The molecule has 2 aromatic carbocycles. The summed E-state index contributed by atoms with van der Waals surface area (Å²) in [6.45, 7) is 1.39. The quantitative estimate of drug-likeness (QED) is 0.478. The van der Waals surface area contributed by atoms with E-state index in [4.69, 9.17) is 28.9 Å². The van der Waals surface area contributed by atoms with Crippen molar-refractivity contribution in [2.75, 3.05) is 18.0 Å². The fourth-order valence-corrected chi connectivity index (χ4v) is 3.64. The van der Waals surface area contributed by atoms with Crippen LogP contribution in [0.4, 0.5) is 11.4 Å². The third kappa shape index (κ3) is 3.56. The Bertz CT molecular complexity index is 1030. The van der Waals surface area contributed by atoms with Crippen molar-refractivity contribution in [2.45, 2.75) is 6.42 Å². The molecule has 4 aromatic rings. The topological polar surface area (TPSA) is 55.0 Å². The lowest BCUT2D eigenvalue weighted by Gasteiger charge is -2.27. The van der Waals surface area contributed by atoms with E-state index in [0.29, 0.717) is 16.6 Å². The van der Waals surface area contributed by atoms with Crippen LogP contribution in [-0.4, -0.2) is 23.1 Å². The molecule has 27 heavy (non-hydrogen) atoms. The third-order valence-corrected chi connectivity index (χ3v) is 5.00. The number of rotatable bonds is 5. The van der Waals surface area contributed by atoms with Crippen LogP contribution in [0.2, 0.25) is 10.0 Å². The van der Waals surface area contributed by atoms with Crippen LogP contribution in [0.15, 0.2) is 60.9 Å². The summed E-state index contributed by atoms with van der Waals surface area (Å²) in [6, 6.07) is 15.6. The van der Waals surface area contributed by atoms with E-state index in [0.717, 1.165) is 46.1 Å². The Labute approximate surface area is 167 Å². The SMILES string of the molecule is NCCCN(c1ccnc2cc(Cl)ccc12)c1ccnc2cc(Cl)ccc12. The second-order valence-electron chi connectivity index (χ2n) is 6.28. The van der Waals surface area contributed by atoms with E-state index < -0.39 is 0 Å². The molecule has 0 fully saturated rings. The number of fused-ring (bicyclic) bond motifs is 2. The smallest absolute Gasteiger partial charge is 0.0737 e. The molecular formula is C21H18Cl2N4. The highest BCUT2D eigenvalue weighted by Crippen LogP contribution is 2.36. The first-order valence-corrected chi connectivity index (χ1v) is 9.49. The molecule has 2 aromatic heterocycles. The van der Waals surface area contributed by atoms with Gasteiger partial charge in [0.05, 0.1) is 22.4 Å². The highest BCUT2D eigenvalue weighted by Gasteiger charge is 2.16. The molecule has 0 aliphatic carbocycles. The molecule has 2 heterocycles. The monoisotopic (exact) mass is 396 g/mol. The van der Waals surface area contributed by atoms with Gasteiger partial charge in [0.1, 0.15) is 0 Å². The molecule has 4 nitrogen and oxygen atoms in total. The number of benzene rings is 2. The summed E-state index contributed by atoms with van der Waals surface area (Å²) in [6.07, 6.45) is 4.47. The lowest BCUT2D eigenvalue weighted by atomic mass is 10.1. The molecule has 0 atom stereocenters. The number of hydrogen-bond acceptors (Lipinski definition) is 4. The molecule has 0 aliphatic rings. The van der Waals surface area contributed by atoms with E-state index in [-0.39, 0.29) is 0 Å². The van der Waals surface area contributed by atoms with Crippen molar-refractivity contribution < 1.29 is 0 Å². The molecule has 0 unspecified atom stereocenters. The van der Waals surface area contributed by atoms with Gasteiger partial charge in [-0.2, -0.15) is 0 Å². The Balaban J connectivity index is 1.94. The van der Waals surface area contributed by atoms with Gasteiger partial charge in [0.25, 0.3) is 0 Å². The van der Waals surface area contributed by atoms with Crippen molar-refractivity contribution in [2.24, 2.45) is 5.73 Å². The molecule has 0 aliphatic heterocycles. The number of aromatic nitrogens is 2. The number of nitrogens with two attached hydrogens (primary N) is 1. The third-order valence-electron chi connectivity index (χ3n) is 4.53. The van der Waals surface area contributed by atoms with E-state index >= 15 is 0 Å². The van der Waals surface area contributed by atoms with Gasteiger partial charge in [-0.1, -0.05) is 23.2 Å². The summed E-state index contributed by atoms with van der Waals surface area (Å²) in [5.41, 5.74) is 9.66. The first-order chi connectivity index (χ1) is 13.2. The summed E-state index contributed by atoms with van der Waals surface area (Å²) < 4.78 is 0. The standard InChI is InChI=1S/C21H18Cl2N4/c22-14-2-4-16-18(12-14)25-9-6-20(16)27(11-1-8-24)21-7-10-26-19-13-15(23)3-5-17(19)21/h2-7,9-10,12-13H,1,8,11,24H2. The zero-order valence-electron chi connectivity index (χ0n) is 14.6. The predicted octanol–water partition coefficient (Wildman–Crippen LogP) is 5.58. The lowest BCUT2D eigenvalue weighted by molar-refractivity contribution is 0.820. The highest BCUT2D eigenvalue weighted by molar-refractivity contribution is 6.31. The molecule has 6 heteroatoms. The molecular weight excluding hydrogens is 379 g/mol. The zero-order chi connectivity index (χ0) is 18.8. The normalized spacial score (nSPS) is 11.2. The number of anilines is 2. The first kappa shape index (κ1) is 18.0. The van der Waals surface area contributed by atoms with Gasteiger partial charge in [-0.05, 0) is 61.5 Å². The Morgan fingerprint density at radius 1 is 0.778 bits per heavy atom. The van der Waals surface area contributed by atoms with Gasteiger partial charge in [0.2, 0.25) is 0 Å². The second-order valence-corrected chi connectivity index (χ2v) is 7.15. The van der Waals surface area contributed by atoms with E-state index in [2.05, 4.69) is 14.9 Å². The van der Waals surface area contributed by atoms with Gasteiger partial charge in [0.15, 0.2) is 0 Å². The molecule has 0 saturated heterocycles. The number of halogens is 2. The lowest BCUT2D eigenvalue weighted by Crippen LogP contribution is -2.21. The summed E-state index contributed by atoms with van der Waals surface area (Å²) in [7, 11) is 0.